The van der Waals surface area contributed by atoms with Gasteiger partial charge >= 0.3 is 6.09 Å². The van der Waals surface area contributed by atoms with Gasteiger partial charge in [-0.05, 0) is 53.7 Å². The van der Waals surface area contributed by atoms with Crippen LogP contribution in [0, 0.1) is 6.92 Å². The summed E-state index contributed by atoms with van der Waals surface area (Å²) in [6.07, 6.45) is 3.23. The number of rotatable bonds is 5. The molecule has 4 rings (SSSR count). The number of pyridine rings is 1. The first-order valence-electron chi connectivity index (χ1n) is 12.1. The standard InChI is InChI=1S/C25H33N7O4/c1-7-35-19-12-22-26-16(2)13-31(22)15-18(19)23(33)27-20-8-9-21(29-28-20)30-10-11-32(17(3)14-30)24(34)36-25(4,5)6/h8-9,12-13,15,17H,7,10-11,14H2,1-6H3,(H,27,28,33)/t17-/m0/s1. The van der Waals surface area contributed by atoms with Gasteiger partial charge in [0, 0.05) is 44.1 Å². The quantitative estimate of drug-likeness (QED) is 0.572. The summed E-state index contributed by atoms with van der Waals surface area (Å²) in [6, 6.07) is 5.22. The molecule has 1 aliphatic rings. The van der Waals surface area contributed by atoms with Crippen molar-refractivity contribution in [3.63, 3.8) is 0 Å². The number of nitrogens with zero attached hydrogens (tertiary/aromatic N) is 6. The maximum atomic E-state index is 13.0. The summed E-state index contributed by atoms with van der Waals surface area (Å²) >= 11 is 0. The van der Waals surface area contributed by atoms with E-state index in [0.717, 1.165) is 5.69 Å². The number of nitrogens with one attached hydrogen (secondary N) is 1. The number of anilines is 2. The lowest BCUT2D eigenvalue weighted by Gasteiger charge is -2.40. The molecule has 4 heterocycles. The number of hydrogen-bond donors (Lipinski definition) is 1. The Labute approximate surface area is 210 Å². The fourth-order valence-electron chi connectivity index (χ4n) is 4.09. The molecule has 0 saturated carbocycles. The van der Waals surface area contributed by atoms with Crippen LogP contribution in [0.15, 0.2) is 30.6 Å². The number of ether oxygens (including phenoxy) is 2. The van der Waals surface area contributed by atoms with Gasteiger partial charge in [0.25, 0.3) is 5.91 Å². The van der Waals surface area contributed by atoms with E-state index in [9.17, 15) is 9.59 Å². The number of aromatic nitrogens is 4. The largest absolute Gasteiger partial charge is 0.493 e. The fraction of sp³-hybridized carbons (Fsp3) is 0.480. The molecule has 1 atom stereocenters. The van der Waals surface area contributed by atoms with Crippen molar-refractivity contribution in [3.8, 4) is 5.75 Å². The predicted molar refractivity (Wildman–Crippen MR) is 136 cm³/mol. The maximum Gasteiger partial charge on any atom is 0.410 e. The number of carbonyl (C=O) groups is 2. The summed E-state index contributed by atoms with van der Waals surface area (Å²) in [7, 11) is 0. The molecule has 36 heavy (non-hydrogen) atoms. The summed E-state index contributed by atoms with van der Waals surface area (Å²) in [4.78, 5) is 33.7. The fourth-order valence-corrected chi connectivity index (χ4v) is 4.09. The first-order valence-corrected chi connectivity index (χ1v) is 12.1. The summed E-state index contributed by atoms with van der Waals surface area (Å²) in [5.41, 5.74) is 1.39. The number of hydrogen-bond acceptors (Lipinski definition) is 8. The Morgan fingerprint density at radius 3 is 2.58 bits per heavy atom. The van der Waals surface area contributed by atoms with Crippen LogP contribution in [-0.2, 0) is 4.74 Å². The Hall–Kier alpha value is -3.89. The minimum Gasteiger partial charge on any atom is -0.493 e. The van der Waals surface area contributed by atoms with E-state index in [2.05, 4.69) is 25.4 Å². The highest BCUT2D eigenvalue weighted by Gasteiger charge is 2.31. The van der Waals surface area contributed by atoms with Crippen LogP contribution in [0.1, 0.15) is 50.7 Å². The average molecular weight is 496 g/mol. The zero-order valence-electron chi connectivity index (χ0n) is 21.6. The van der Waals surface area contributed by atoms with Gasteiger partial charge in [0.05, 0.1) is 17.9 Å². The smallest absolute Gasteiger partial charge is 0.410 e. The number of amides is 2. The number of carbonyl (C=O) groups excluding carboxylic acids is 2. The summed E-state index contributed by atoms with van der Waals surface area (Å²) in [6.45, 7) is 13.4. The Balaban J connectivity index is 1.42. The van der Waals surface area contributed by atoms with E-state index < -0.39 is 5.60 Å². The molecular weight excluding hydrogens is 462 g/mol. The molecule has 0 aromatic carbocycles. The molecular formula is C25H33N7O4. The van der Waals surface area contributed by atoms with E-state index in [1.165, 1.54) is 0 Å². The lowest BCUT2D eigenvalue weighted by molar-refractivity contribution is 0.0158. The van der Waals surface area contributed by atoms with E-state index in [1.807, 2.05) is 53.8 Å². The van der Waals surface area contributed by atoms with Crippen molar-refractivity contribution in [2.75, 3.05) is 36.5 Å². The van der Waals surface area contributed by atoms with Crippen molar-refractivity contribution in [3.05, 3.63) is 41.9 Å². The maximum absolute atomic E-state index is 13.0. The van der Waals surface area contributed by atoms with Crippen LogP contribution in [-0.4, -0.2) is 74.4 Å². The van der Waals surface area contributed by atoms with Crippen molar-refractivity contribution in [1.29, 1.82) is 0 Å². The van der Waals surface area contributed by atoms with Crippen LogP contribution < -0.4 is 15.0 Å². The van der Waals surface area contributed by atoms with Crippen molar-refractivity contribution in [1.82, 2.24) is 24.5 Å². The minimum absolute atomic E-state index is 0.0477. The SMILES string of the molecule is CCOc1cc2nc(C)cn2cc1C(=O)Nc1ccc(N2CCN(C(=O)OC(C)(C)C)[C@@H](C)C2)nn1. The van der Waals surface area contributed by atoms with Gasteiger partial charge in [0.2, 0.25) is 0 Å². The van der Waals surface area contributed by atoms with E-state index >= 15 is 0 Å². The van der Waals surface area contributed by atoms with Crippen molar-refractivity contribution >= 4 is 29.3 Å². The molecule has 3 aromatic heterocycles. The lowest BCUT2D eigenvalue weighted by Crippen LogP contribution is -2.55. The second-order valence-corrected chi connectivity index (χ2v) is 9.83. The normalized spacial score (nSPS) is 16.2. The molecule has 0 spiro atoms. The molecule has 192 valence electrons. The zero-order chi connectivity index (χ0) is 26.0. The average Bonchev–Trinajstić information content (AvgIpc) is 3.16. The molecule has 0 bridgehead atoms. The Bertz CT molecular complexity index is 1250. The predicted octanol–water partition coefficient (Wildman–Crippen LogP) is 3.53. The van der Waals surface area contributed by atoms with E-state index in [0.29, 0.717) is 54.8 Å². The monoisotopic (exact) mass is 495 g/mol. The molecule has 1 N–H and O–H groups in total. The van der Waals surface area contributed by atoms with Crippen LogP contribution in [0.5, 0.6) is 5.75 Å². The van der Waals surface area contributed by atoms with E-state index in [1.54, 1.807) is 27.6 Å². The number of aryl methyl sites for hydroxylation is 1. The van der Waals surface area contributed by atoms with Gasteiger partial charge in [-0.2, -0.15) is 0 Å². The number of imidazole rings is 1. The molecule has 0 unspecified atom stereocenters. The molecule has 1 fully saturated rings. The highest BCUT2D eigenvalue weighted by atomic mass is 16.6. The van der Waals surface area contributed by atoms with Crippen LogP contribution in [0.4, 0.5) is 16.4 Å². The molecule has 2 amide bonds. The Morgan fingerprint density at radius 1 is 1.17 bits per heavy atom. The summed E-state index contributed by atoms with van der Waals surface area (Å²) < 4.78 is 13.0. The first kappa shape index (κ1) is 25.2. The van der Waals surface area contributed by atoms with Crippen LogP contribution in [0.25, 0.3) is 5.65 Å². The lowest BCUT2D eigenvalue weighted by atomic mass is 10.2. The molecule has 1 saturated heterocycles. The van der Waals surface area contributed by atoms with Crippen LogP contribution in [0.3, 0.4) is 0 Å². The van der Waals surface area contributed by atoms with Gasteiger partial charge in [0.1, 0.15) is 17.0 Å². The minimum atomic E-state index is -0.535. The molecule has 11 nitrogen and oxygen atoms in total. The zero-order valence-corrected chi connectivity index (χ0v) is 21.6. The van der Waals surface area contributed by atoms with Crippen LogP contribution in [0.2, 0.25) is 0 Å². The van der Waals surface area contributed by atoms with E-state index in [-0.39, 0.29) is 18.0 Å². The first-order chi connectivity index (χ1) is 17.0. The topological polar surface area (TPSA) is 114 Å². The third-order valence-corrected chi connectivity index (χ3v) is 5.69. The Morgan fingerprint density at radius 2 is 1.94 bits per heavy atom. The second kappa shape index (κ2) is 10.00. The van der Waals surface area contributed by atoms with Crippen molar-refractivity contribution < 1.29 is 19.1 Å². The molecule has 11 heteroatoms. The molecule has 1 aliphatic heterocycles. The van der Waals surface area contributed by atoms with Gasteiger partial charge in [-0.1, -0.05) is 0 Å². The van der Waals surface area contributed by atoms with Crippen LogP contribution >= 0.6 is 0 Å². The molecule has 0 radical (unpaired) electrons. The van der Waals surface area contributed by atoms with Gasteiger partial charge in [0.15, 0.2) is 11.6 Å². The Kier molecular flexibility index (Phi) is 7.00. The van der Waals surface area contributed by atoms with Gasteiger partial charge in [-0.25, -0.2) is 9.78 Å². The molecule has 0 aliphatic carbocycles. The number of piperazine rings is 1. The summed E-state index contributed by atoms with van der Waals surface area (Å²) in [5.74, 6) is 1.10. The van der Waals surface area contributed by atoms with Gasteiger partial charge in [-0.3, -0.25) is 4.79 Å². The van der Waals surface area contributed by atoms with Crippen molar-refractivity contribution in [2.45, 2.75) is 53.2 Å². The second-order valence-electron chi connectivity index (χ2n) is 9.83. The van der Waals surface area contributed by atoms with E-state index in [4.69, 9.17) is 9.47 Å². The molecule has 3 aromatic rings. The van der Waals surface area contributed by atoms with Crippen molar-refractivity contribution in [2.24, 2.45) is 0 Å². The van der Waals surface area contributed by atoms with Gasteiger partial charge < -0.3 is 29.0 Å². The summed E-state index contributed by atoms with van der Waals surface area (Å²) in [5, 5.41) is 11.3. The highest BCUT2D eigenvalue weighted by Crippen LogP contribution is 2.24. The van der Waals surface area contributed by atoms with Gasteiger partial charge in [-0.15, -0.1) is 10.2 Å². The third-order valence-electron chi connectivity index (χ3n) is 5.69. The number of fused-ring (bicyclic) bond motifs is 1. The highest BCUT2D eigenvalue weighted by molar-refractivity contribution is 6.05. The third kappa shape index (κ3) is 5.67.